The number of halogens is 1. The van der Waals surface area contributed by atoms with Crippen LogP contribution < -0.4 is 5.73 Å². The van der Waals surface area contributed by atoms with Gasteiger partial charge in [-0.1, -0.05) is 0 Å². The number of esters is 1. The molecule has 1 heterocycles. The molecule has 8 heteroatoms. The van der Waals surface area contributed by atoms with Crippen LogP contribution in [0.25, 0.3) is 0 Å². The molecule has 0 saturated carbocycles. The third kappa shape index (κ3) is 6.75. The molecule has 0 aliphatic heterocycles. The van der Waals surface area contributed by atoms with Gasteiger partial charge in [0, 0.05) is 31.5 Å². The fourth-order valence-electron chi connectivity index (χ4n) is 2.37. The first-order valence-electron chi connectivity index (χ1n) is 8.20. The number of nitrogens with two attached hydrogens (primary N) is 1. The second-order valence-corrected chi connectivity index (χ2v) is 5.89. The van der Waals surface area contributed by atoms with Crippen molar-refractivity contribution in [2.75, 3.05) is 53.6 Å². The average Bonchev–Trinajstić information content (AvgIpc) is 2.59. The Kier molecular flexibility index (Phi) is 9.01. The van der Waals surface area contributed by atoms with E-state index in [1.807, 2.05) is 19.0 Å². The molecule has 0 aliphatic carbocycles. The Balaban J connectivity index is 2.88. The van der Waals surface area contributed by atoms with Crippen molar-refractivity contribution in [3.63, 3.8) is 0 Å². The predicted octanol–water partition coefficient (Wildman–Crippen LogP) is 0.408. The van der Waals surface area contributed by atoms with Crippen molar-refractivity contribution in [1.29, 1.82) is 0 Å². The summed E-state index contributed by atoms with van der Waals surface area (Å²) in [7, 11) is 3.85. The van der Waals surface area contributed by atoms with Crippen molar-refractivity contribution in [2.45, 2.75) is 13.3 Å². The van der Waals surface area contributed by atoms with Gasteiger partial charge in [-0.15, -0.1) is 0 Å². The van der Waals surface area contributed by atoms with Crippen LogP contribution in [-0.4, -0.2) is 80.2 Å². The van der Waals surface area contributed by atoms with Crippen molar-refractivity contribution in [1.82, 2.24) is 14.8 Å². The number of aryl methyl sites for hydroxylation is 1. The van der Waals surface area contributed by atoms with Gasteiger partial charge in [-0.2, -0.15) is 0 Å². The molecule has 25 heavy (non-hydrogen) atoms. The maximum atomic E-state index is 12.2. The summed E-state index contributed by atoms with van der Waals surface area (Å²) in [6, 6.07) is 1.55. The number of carbonyl (C=O) groups excluding carboxylic acids is 2. The quantitative estimate of drug-likeness (QED) is 0.612. The van der Waals surface area contributed by atoms with Gasteiger partial charge >= 0.3 is 5.97 Å². The lowest BCUT2D eigenvalue weighted by atomic mass is 10.0. The van der Waals surface area contributed by atoms with Crippen LogP contribution in [0.4, 0.5) is 4.39 Å². The summed E-state index contributed by atoms with van der Waals surface area (Å²) < 4.78 is 17.1. The van der Waals surface area contributed by atoms with E-state index in [2.05, 4.69) is 4.98 Å². The molecule has 0 aromatic carbocycles. The summed E-state index contributed by atoms with van der Waals surface area (Å²) in [5.74, 6) is -0.729. The minimum atomic E-state index is -0.728. The normalized spacial score (nSPS) is 10.8. The first kappa shape index (κ1) is 21.0. The number of hydrogen-bond donors (Lipinski definition) is 1. The minimum absolute atomic E-state index is 0.0646. The molecule has 0 aliphatic rings. The summed E-state index contributed by atoms with van der Waals surface area (Å²) >= 11 is 0. The SMILES string of the molecule is Cc1nccc(C(=O)OCCF)c1CCN(CCN(C)C)C(=O)CN. The molecule has 0 fully saturated rings. The molecular formula is C17H27FN4O3. The molecule has 1 rings (SSSR count). The molecule has 140 valence electrons. The number of nitrogens with zero attached hydrogens (tertiary/aromatic N) is 3. The van der Waals surface area contributed by atoms with Crippen LogP contribution in [0.3, 0.4) is 0 Å². The summed E-state index contributed by atoms with van der Waals surface area (Å²) in [6.07, 6.45) is 1.96. The minimum Gasteiger partial charge on any atom is -0.459 e. The fourth-order valence-corrected chi connectivity index (χ4v) is 2.37. The number of amides is 1. The average molecular weight is 354 g/mol. The summed E-state index contributed by atoms with van der Waals surface area (Å²) in [5.41, 5.74) is 7.22. The monoisotopic (exact) mass is 354 g/mol. The van der Waals surface area contributed by atoms with Crippen LogP contribution in [0.15, 0.2) is 12.3 Å². The molecule has 0 atom stereocenters. The van der Waals surface area contributed by atoms with Gasteiger partial charge < -0.3 is 20.3 Å². The Labute approximate surface area is 147 Å². The van der Waals surface area contributed by atoms with Gasteiger partial charge in [-0.25, -0.2) is 9.18 Å². The molecule has 0 radical (unpaired) electrons. The highest BCUT2D eigenvalue weighted by atomic mass is 19.1. The highest BCUT2D eigenvalue weighted by Crippen LogP contribution is 2.15. The van der Waals surface area contributed by atoms with Crippen LogP contribution in [0.1, 0.15) is 21.6 Å². The van der Waals surface area contributed by atoms with E-state index in [0.29, 0.717) is 42.9 Å². The first-order chi connectivity index (χ1) is 11.9. The molecule has 7 nitrogen and oxygen atoms in total. The Morgan fingerprint density at radius 1 is 1.28 bits per heavy atom. The van der Waals surface area contributed by atoms with Crippen molar-refractivity contribution < 1.29 is 18.7 Å². The van der Waals surface area contributed by atoms with Crippen molar-refractivity contribution in [2.24, 2.45) is 5.73 Å². The van der Waals surface area contributed by atoms with Gasteiger partial charge in [0.2, 0.25) is 5.91 Å². The van der Waals surface area contributed by atoms with Gasteiger partial charge in [-0.05, 0) is 39.1 Å². The second-order valence-electron chi connectivity index (χ2n) is 5.89. The largest absolute Gasteiger partial charge is 0.459 e. The van der Waals surface area contributed by atoms with Gasteiger partial charge in [0.05, 0.1) is 12.1 Å². The fraction of sp³-hybridized carbons (Fsp3) is 0.588. The van der Waals surface area contributed by atoms with E-state index in [9.17, 15) is 14.0 Å². The third-order valence-electron chi connectivity index (χ3n) is 3.78. The Morgan fingerprint density at radius 2 is 2.00 bits per heavy atom. The van der Waals surface area contributed by atoms with Crippen LogP contribution >= 0.6 is 0 Å². The zero-order valence-corrected chi connectivity index (χ0v) is 15.1. The van der Waals surface area contributed by atoms with Gasteiger partial charge in [0.1, 0.15) is 13.3 Å². The van der Waals surface area contributed by atoms with Crippen molar-refractivity contribution in [3.8, 4) is 0 Å². The standard InChI is InChI=1S/C17H27FN4O3/c1-13-14(15(4-7-20-13)17(24)25-11-6-18)5-8-22(16(23)12-19)10-9-21(2)3/h4,7H,5-6,8-12,19H2,1-3H3. The molecule has 1 aromatic heterocycles. The molecule has 2 N–H and O–H groups in total. The third-order valence-corrected chi connectivity index (χ3v) is 3.78. The molecular weight excluding hydrogens is 327 g/mol. The van der Waals surface area contributed by atoms with E-state index < -0.39 is 12.6 Å². The Morgan fingerprint density at radius 3 is 2.60 bits per heavy atom. The number of aromatic nitrogens is 1. The number of alkyl halides is 1. The zero-order valence-electron chi connectivity index (χ0n) is 15.1. The summed E-state index contributed by atoms with van der Waals surface area (Å²) in [5, 5.41) is 0. The highest BCUT2D eigenvalue weighted by Gasteiger charge is 2.18. The summed E-state index contributed by atoms with van der Waals surface area (Å²) in [6.45, 7) is 2.39. The second kappa shape index (κ2) is 10.7. The van der Waals surface area contributed by atoms with E-state index in [0.717, 1.165) is 0 Å². The smallest absolute Gasteiger partial charge is 0.338 e. The van der Waals surface area contributed by atoms with E-state index in [1.54, 1.807) is 17.9 Å². The number of hydrogen-bond acceptors (Lipinski definition) is 6. The maximum Gasteiger partial charge on any atom is 0.338 e. The van der Waals surface area contributed by atoms with E-state index in [4.69, 9.17) is 10.5 Å². The van der Waals surface area contributed by atoms with Gasteiger partial charge in [0.15, 0.2) is 0 Å². The summed E-state index contributed by atoms with van der Waals surface area (Å²) in [4.78, 5) is 32.0. The van der Waals surface area contributed by atoms with Crippen LogP contribution in [0.5, 0.6) is 0 Å². The van der Waals surface area contributed by atoms with Crippen LogP contribution in [0, 0.1) is 6.92 Å². The molecule has 1 aromatic rings. The Hall–Kier alpha value is -2.06. The number of carbonyl (C=O) groups is 2. The van der Waals surface area contributed by atoms with Crippen LogP contribution in [-0.2, 0) is 16.0 Å². The molecule has 1 amide bonds. The van der Waals surface area contributed by atoms with Crippen LogP contribution in [0.2, 0.25) is 0 Å². The lowest BCUT2D eigenvalue weighted by molar-refractivity contribution is -0.129. The molecule has 0 spiro atoms. The van der Waals surface area contributed by atoms with Gasteiger partial charge in [0.25, 0.3) is 0 Å². The molecule has 0 unspecified atom stereocenters. The zero-order chi connectivity index (χ0) is 18.8. The highest BCUT2D eigenvalue weighted by molar-refractivity contribution is 5.91. The van der Waals surface area contributed by atoms with Crippen molar-refractivity contribution in [3.05, 3.63) is 29.1 Å². The predicted molar refractivity (Wildman–Crippen MR) is 93.1 cm³/mol. The maximum absolute atomic E-state index is 12.2. The van der Waals surface area contributed by atoms with Crippen molar-refractivity contribution >= 4 is 11.9 Å². The molecule has 0 bridgehead atoms. The van der Waals surface area contributed by atoms with Gasteiger partial charge in [-0.3, -0.25) is 9.78 Å². The number of likely N-dealkylation sites (N-methyl/N-ethyl adjacent to an activating group) is 1. The Bertz CT molecular complexity index is 581. The van der Waals surface area contributed by atoms with E-state index in [1.165, 1.54) is 6.20 Å². The first-order valence-corrected chi connectivity index (χ1v) is 8.20. The number of pyridine rings is 1. The number of rotatable bonds is 10. The molecule has 0 saturated heterocycles. The lowest BCUT2D eigenvalue weighted by Gasteiger charge is -2.24. The van der Waals surface area contributed by atoms with E-state index in [-0.39, 0.29) is 19.1 Å². The lowest BCUT2D eigenvalue weighted by Crippen LogP contribution is -2.41. The van der Waals surface area contributed by atoms with E-state index >= 15 is 0 Å². The number of ether oxygens (including phenoxy) is 1. The topological polar surface area (TPSA) is 88.8 Å².